The van der Waals surface area contributed by atoms with Crippen LogP contribution in [0.5, 0.6) is 0 Å². The molecule has 2 rings (SSSR count). The second kappa shape index (κ2) is 5.83. The van der Waals surface area contributed by atoms with Gasteiger partial charge in [0.1, 0.15) is 5.15 Å². The number of halogens is 3. The van der Waals surface area contributed by atoms with Crippen LogP contribution >= 0.6 is 34.8 Å². The lowest BCUT2D eigenvalue weighted by Gasteiger charge is -2.21. The molecule has 0 aliphatic rings. The maximum atomic E-state index is 11.7. The average molecular weight is 332 g/mol. The number of hydrogen-bond donors (Lipinski definition) is 1. The number of carbonyl (C=O) groups is 1. The molecule has 0 fully saturated rings. The summed E-state index contributed by atoms with van der Waals surface area (Å²) in [6, 6.07) is 5.55. The van der Waals surface area contributed by atoms with Crippen LogP contribution in [0, 0.1) is 6.92 Å². The standard InChI is InChI=1S/C12H9Cl3N4O/c1-6-5-9(15)18-12(17-6)19(11(16)20)10-7(13)3-2-4-8(10)14/h2-5H,1H3,(H2,16,20). The molecular weight excluding hydrogens is 323 g/mol. The Bertz CT molecular complexity index is 637. The highest BCUT2D eigenvalue weighted by Crippen LogP contribution is 2.36. The number of primary amides is 1. The Kier molecular flexibility index (Phi) is 4.32. The molecule has 0 spiro atoms. The minimum Gasteiger partial charge on any atom is -0.351 e. The lowest BCUT2D eigenvalue weighted by molar-refractivity contribution is 0.256. The molecule has 1 aromatic heterocycles. The normalized spacial score (nSPS) is 10.4. The van der Waals surface area contributed by atoms with Gasteiger partial charge in [-0.3, -0.25) is 0 Å². The summed E-state index contributed by atoms with van der Waals surface area (Å²) in [4.78, 5) is 20.9. The Labute approximate surface area is 130 Å². The lowest BCUT2D eigenvalue weighted by atomic mass is 10.3. The van der Waals surface area contributed by atoms with E-state index < -0.39 is 6.03 Å². The summed E-state index contributed by atoms with van der Waals surface area (Å²) in [6.45, 7) is 1.71. The highest BCUT2D eigenvalue weighted by molar-refractivity contribution is 6.40. The minimum atomic E-state index is -0.818. The number of benzene rings is 1. The van der Waals surface area contributed by atoms with Crippen molar-refractivity contribution in [3.63, 3.8) is 0 Å². The van der Waals surface area contributed by atoms with Gasteiger partial charge in [-0.15, -0.1) is 0 Å². The third-order valence-corrected chi connectivity index (χ3v) is 3.20. The van der Waals surface area contributed by atoms with Gasteiger partial charge in [0.25, 0.3) is 0 Å². The number of nitrogens with two attached hydrogens (primary N) is 1. The quantitative estimate of drug-likeness (QED) is 0.846. The second-order valence-corrected chi connectivity index (χ2v) is 5.08. The number of hydrogen-bond acceptors (Lipinski definition) is 3. The summed E-state index contributed by atoms with van der Waals surface area (Å²) in [5, 5.41) is 0.678. The molecule has 2 aromatic rings. The molecule has 0 atom stereocenters. The molecule has 0 radical (unpaired) electrons. The van der Waals surface area contributed by atoms with Crippen molar-refractivity contribution in [2.45, 2.75) is 6.92 Å². The first-order chi connectivity index (χ1) is 9.40. The molecule has 104 valence electrons. The highest BCUT2D eigenvalue weighted by Gasteiger charge is 2.23. The third-order valence-electron chi connectivity index (χ3n) is 2.39. The van der Waals surface area contributed by atoms with Gasteiger partial charge in [-0.05, 0) is 25.1 Å². The Morgan fingerprint density at radius 3 is 2.30 bits per heavy atom. The Morgan fingerprint density at radius 2 is 1.80 bits per heavy atom. The number of anilines is 2. The molecule has 5 nitrogen and oxygen atoms in total. The van der Waals surface area contributed by atoms with Crippen LogP contribution < -0.4 is 10.6 Å². The Balaban J connectivity index is 2.66. The molecule has 1 aromatic carbocycles. The van der Waals surface area contributed by atoms with Gasteiger partial charge in [0.05, 0.1) is 15.7 Å². The van der Waals surface area contributed by atoms with Gasteiger partial charge in [-0.1, -0.05) is 40.9 Å². The van der Waals surface area contributed by atoms with Gasteiger partial charge in [-0.2, -0.15) is 0 Å². The molecule has 0 aliphatic heterocycles. The maximum Gasteiger partial charge on any atom is 0.326 e. The molecule has 2 N–H and O–H groups in total. The van der Waals surface area contributed by atoms with Crippen molar-refractivity contribution in [1.29, 1.82) is 0 Å². The molecule has 0 saturated heterocycles. The van der Waals surface area contributed by atoms with E-state index >= 15 is 0 Å². The number of para-hydroxylation sites is 1. The number of aryl methyl sites for hydroxylation is 1. The third kappa shape index (κ3) is 2.95. The number of rotatable bonds is 2. The first kappa shape index (κ1) is 14.8. The molecule has 0 unspecified atom stereocenters. The summed E-state index contributed by atoms with van der Waals surface area (Å²) in [7, 11) is 0. The van der Waals surface area contributed by atoms with Crippen LogP contribution in [0.4, 0.5) is 16.4 Å². The molecule has 20 heavy (non-hydrogen) atoms. The zero-order valence-electron chi connectivity index (χ0n) is 10.3. The van der Waals surface area contributed by atoms with E-state index in [0.717, 1.165) is 4.90 Å². The highest BCUT2D eigenvalue weighted by atomic mass is 35.5. The van der Waals surface area contributed by atoms with Crippen molar-refractivity contribution in [3.8, 4) is 0 Å². The predicted molar refractivity (Wildman–Crippen MR) is 80.0 cm³/mol. The van der Waals surface area contributed by atoms with E-state index in [0.29, 0.717) is 5.69 Å². The lowest BCUT2D eigenvalue weighted by Crippen LogP contribution is -2.33. The molecule has 2 amide bonds. The molecule has 0 bridgehead atoms. The van der Waals surface area contributed by atoms with E-state index in [-0.39, 0.29) is 26.8 Å². The van der Waals surface area contributed by atoms with E-state index in [9.17, 15) is 4.79 Å². The monoisotopic (exact) mass is 330 g/mol. The summed E-state index contributed by atoms with van der Waals surface area (Å²) >= 11 is 18.0. The van der Waals surface area contributed by atoms with Crippen molar-refractivity contribution in [1.82, 2.24) is 9.97 Å². The number of carbonyl (C=O) groups excluding carboxylic acids is 1. The van der Waals surface area contributed by atoms with Crippen LogP contribution in [-0.2, 0) is 0 Å². The minimum absolute atomic E-state index is 0.0116. The molecule has 0 aliphatic carbocycles. The largest absolute Gasteiger partial charge is 0.351 e. The van der Waals surface area contributed by atoms with Crippen LogP contribution in [-0.4, -0.2) is 16.0 Å². The van der Waals surface area contributed by atoms with Gasteiger partial charge < -0.3 is 5.73 Å². The van der Waals surface area contributed by atoms with Crippen LogP contribution in [0.3, 0.4) is 0 Å². The van der Waals surface area contributed by atoms with Crippen LogP contribution in [0.2, 0.25) is 15.2 Å². The maximum absolute atomic E-state index is 11.7. The van der Waals surface area contributed by atoms with Crippen molar-refractivity contribution < 1.29 is 4.79 Å². The number of aromatic nitrogens is 2. The zero-order chi connectivity index (χ0) is 14.9. The van der Waals surface area contributed by atoms with E-state index in [1.54, 1.807) is 31.2 Å². The van der Waals surface area contributed by atoms with Gasteiger partial charge in [0.2, 0.25) is 5.95 Å². The summed E-state index contributed by atoms with van der Waals surface area (Å²) in [5.41, 5.74) is 6.18. The van der Waals surface area contributed by atoms with E-state index in [4.69, 9.17) is 40.5 Å². The van der Waals surface area contributed by atoms with Crippen molar-refractivity contribution >= 4 is 52.5 Å². The fraction of sp³-hybridized carbons (Fsp3) is 0.0833. The van der Waals surface area contributed by atoms with Crippen LogP contribution in [0.1, 0.15) is 5.69 Å². The SMILES string of the molecule is Cc1cc(Cl)nc(N(C(N)=O)c2c(Cl)cccc2Cl)n1. The zero-order valence-corrected chi connectivity index (χ0v) is 12.5. The van der Waals surface area contributed by atoms with E-state index in [2.05, 4.69) is 9.97 Å². The van der Waals surface area contributed by atoms with E-state index in [1.165, 1.54) is 0 Å². The van der Waals surface area contributed by atoms with Gasteiger partial charge in [-0.25, -0.2) is 19.7 Å². The average Bonchev–Trinajstić information content (AvgIpc) is 2.32. The molecule has 1 heterocycles. The summed E-state index contributed by atoms with van der Waals surface area (Å²) in [5.74, 6) is 0.0116. The summed E-state index contributed by atoms with van der Waals surface area (Å²) in [6.07, 6.45) is 0. The Hall–Kier alpha value is -1.56. The number of amides is 2. The fourth-order valence-corrected chi connectivity index (χ4v) is 2.43. The first-order valence-corrected chi connectivity index (χ1v) is 6.58. The molecule has 0 saturated carbocycles. The first-order valence-electron chi connectivity index (χ1n) is 5.45. The smallest absolute Gasteiger partial charge is 0.326 e. The predicted octanol–water partition coefficient (Wildman–Crippen LogP) is 3.96. The van der Waals surface area contributed by atoms with Gasteiger partial charge >= 0.3 is 6.03 Å². The van der Waals surface area contributed by atoms with Crippen LogP contribution in [0.25, 0.3) is 0 Å². The van der Waals surface area contributed by atoms with Crippen LogP contribution in [0.15, 0.2) is 24.3 Å². The van der Waals surface area contributed by atoms with Gasteiger partial charge in [0.15, 0.2) is 0 Å². The van der Waals surface area contributed by atoms with Crippen molar-refractivity contribution in [2.24, 2.45) is 5.73 Å². The molecular formula is C12H9Cl3N4O. The van der Waals surface area contributed by atoms with Crippen molar-refractivity contribution in [2.75, 3.05) is 4.90 Å². The van der Waals surface area contributed by atoms with Crippen molar-refractivity contribution in [3.05, 3.63) is 45.2 Å². The second-order valence-electron chi connectivity index (χ2n) is 3.88. The number of urea groups is 1. The Morgan fingerprint density at radius 1 is 1.20 bits per heavy atom. The van der Waals surface area contributed by atoms with Gasteiger partial charge in [0, 0.05) is 5.69 Å². The number of nitrogens with zero attached hydrogens (tertiary/aromatic N) is 3. The summed E-state index contributed by atoms with van der Waals surface area (Å²) < 4.78 is 0. The molecule has 8 heteroatoms. The topological polar surface area (TPSA) is 72.1 Å². The van der Waals surface area contributed by atoms with E-state index in [1.807, 2.05) is 0 Å². The fourth-order valence-electron chi connectivity index (χ4n) is 1.63.